The highest BCUT2D eigenvalue weighted by atomic mass is 16.2. The molecular weight excluding hydrogens is 178 g/mol. The summed E-state index contributed by atoms with van der Waals surface area (Å²) >= 11 is 0. The average molecular weight is 191 g/mol. The highest BCUT2D eigenvalue weighted by molar-refractivity contribution is 6.13. The predicted molar refractivity (Wildman–Crippen MR) is 50.2 cm³/mol. The smallest absolute Gasteiger partial charge is 0.253 e. The van der Waals surface area contributed by atoms with Crippen LogP contribution in [-0.2, 0) is 9.59 Å². The van der Waals surface area contributed by atoms with Gasteiger partial charge in [0.25, 0.3) is 11.8 Å². The van der Waals surface area contributed by atoms with Crippen LogP contribution in [0.3, 0.4) is 0 Å². The highest BCUT2D eigenvalue weighted by Gasteiger charge is 2.48. The van der Waals surface area contributed by atoms with Crippen LogP contribution in [0.25, 0.3) is 0 Å². The van der Waals surface area contributed by atoms with Crippen molar-refractivity contribution in [1.82, 2.24) is 4.90 Å². The first-order valence-electron chi connectivity index (χ1n) is 5.32. The number of hydrogen-bond donors (Lipinski definition) is 0. The molecule has 1 aliphatic heterocycles. The van der Waals surface area contributed by atoms with Gasteiger partial charge < -0.3 is 0 Å². The fraction of sp³-hybridized carbons (Fsp3) is 0.636. The molecule has 0 spiro atoms. The molecule has 0 aromatic carbocycles. The number of nitrogens with zero attached hydrogens (tertiary/aromatic N) is 1. The van der Waals surface area contributed by atoms with Gasteiger partial charge in [0.2, 0.25) is 0 Å². The van der Waals surface area contributed by atoms with Crippen LogP contribution in [0.4, 0.5) is 0 Å². The van der Waals surface area contributed by atoms with E-state index in [1.807, 2.05) is 0 Å². The number of carbonyl (C=O) groups excluding carboxylic acids is 2. The largest absolute Gasteiger partial charge is 0.272 e. The van der Waals surface area contributed by atoms with Crippen molar-refractivity contribution in [1.29, 1.82) is 0 Å². The van der Waals surface area contributed by atoms with Crippen LogP contribution >= 0.6 is 0 Å². The molecule has 3 nitrogen and oxygen atoms in total. The molecule has 2 saturated carbocycles. The molecule has 0 unspecified atom stereocenters. The molecule has 2 aliphatic carbocycles. The van der Waals surface area contributed by atoms with Gasteiger partial charge in [-0.15, -0.1) is 0 Å². The average Bonchev–Trinajstić information content (AvgIpc) is 2.99. The second kappa shape index (κ2) is 2.69. The number of imide groups is 1. The van der Waals surface area contributed by atoms with E-state index in [1.54, 1.807) is 0 Å². The number of rotatable bonds is 3. The van der Waals surface area contributed by atoms with Gasteiger partial charge in [0, 0.05) is 18.2 Å². The van der Waals surface area contributed by atoms with Gasteiger partial charge in [0.1, 0.15) is 0 Å². The van der Waals surface area contributed by atoms with Crippen LogP contribution in [-0.4, -0.2) is 22.8 Å². The van der Waals surface area contributed by atoms with Gasteiger partial charge in [-0.3, -0.25) is 14.5 Å². The molecule has 3 aliphatic rings. The molecule has 74 valence electrons. The molecule has 0 radical (unpaired) electrons. The van der Waals surface area contributed by atoms with Gasteiger partial charge in [-0.25, -0.2) is 0 Å². The molecule has 0 bridgehead atoms. The Morgan fingerprint density at radius 3 is 1.79 bits per heavy atom. The Labute approximate surface area is 82.8 Å². The van der Waals surface area contributed by atoms with Crippen LogP contribution in [0.1, 0.15) is 25.7 Å². The monoisotopic (exact) mass is 191 g/mol. The van der Waals surface area contributed by atoms with Gasteiger partial charge >= 0.3 is 0 Å². The summed E-state index contributed by atoms with van der Waals surface area (Å²) in [6, 6.07) is 0.227. The molecule has 14 heavy (non-hydrogen) atoms. The molecule has 2 amide bonds. The molecule has 2 fully saturated rings. The Balaban J connectivity index is 1.84. The summed E-state index contributed by atoms with van der Waals surface area (Å²) in [4.78, 5) is 24.5. The number of carbonyl (C=O) groups is 2. The summed E-state index contributed by atoms with van der Waals surface area (Å²) in [5, 5.41) is 0. The zero-order valence-corrected chi connectivity index (χ0v) is 7.98. The zero-order valence-electron chi connectivity index (χ0n) is 7.98. The first-order chi connectivity index (χ1) is 6.77. The van der Waals surface area contributed by atoms with Gasteiger partial charge in [-0.05, 0) is 37.5 Å². The van der Waals surface area contributed by atoms with Crippen molar-refractivity contribution in [3.05, 3.63) is 12.2 Å². The molecule has 3 heteroatoms. The molecule has 0 aromatic heterocycles. The van der Waals surface area contributed by atoms with E-state index in [9.17, 15) is 9.59 Å². The van der Waals surface area contributed by atoms with Crippen molar-refractivity contribution >= 4 is 11.8 Å². The summed E-state index contributed by atoms with van der Waals surface area (Å²) in [6.45, 7) is 0. The summed E-state index contributed by atoms with van der Waals surface area (Å²) in [7, 11) is 0. The SMILES string of the molecule is O=C1C=CC(=O)N1C(C1CC1)C1CC1. The third kappa shape index (κ3) is 1.19. The van der Waals surface area contributed by atoms with Crippen molar-refractivity contribution in [3.8, 4) is 0 Å². The first-order valence-corrected chi connectivity index (χ1v) is 5.32. The van der Waals surface area contributed by atoms with Gasteiger partial charge in [-0.2, -0.15) is 0 Å². The Morgan fingerprint density at radius 2 is 1.43 bits per heavy atom. The van der Waals surface area contributed by atoms with Gasteiger partial charge in [0.15, 0.2) is 0 Å². The zero-order chi connectivity index (χ0) is 9.71. The van der Waals surface area contributed by atoms with Crippen LogP contribution in [0.2, 0.25) is 0 Å². The van der Waals surface area contributed by atoms with Crippen molar-refractivity contribution in [2.45, 2.75) is 31.7 Å². The maximum absolute atomic E-state index is 11.5. The summed E-state index contributed by atoms with van der Waals surface area (Å²) < 4.78 is 0. The molecule has 3 rings (SSSR count). The molecule has 0 aromatic rings. The van der Waals surface area contributed by atoms with Crippen LogP contribution in [0, 0.1) is 11.8 Å². The van der Waals surface area contributed by atoms with Crippen LogP contribution < -0.4 is 0 Å². The van der Waals surface area contributed by atoms with E-state index in [0.29, 0.717) is 11.8 Å². The summed E-state index contributed by atoms with van der Waals surface area (Å²) in [5.74, 6) is 1.02. The standard InChI is InChI=1S/C11H13NO2/c13-9-5-6-10(14)12(9)11(7-1-2-7)8-3-4-8/h5-8,11H,1-4H2. The van der Waals surface area contributed by atoms with E-state index in [4.69, 9.17) is 0 Å². The first kappa shape index (κ1) is 8.21. The molecular formula is C11H13NO2. The van der Waals surface area contributed by atoms with E-state index in [1.165, 1.54) is 42.7 Å². The molecule has 0 N–H and O–H groups in total. The van der Waals surface area contributed by atoms with Gasteiger partial charge in [-0.1, -0.05) is 0 Å². The third-order valence-electron chi connectivity index (χ3n) is 3.35. The minimum atomic E-state index is -0.0983. The van der Waals surface area contributed by atoms with E-state index in [0.717, 1.165) is 0 Å². The Kier molecular flexibility index (Phi) is 1.58. The Hall–Kier alpha value is -1.12. The lowest BCUT2D eigenvalue weighted by atomic mass is 10.1. The van der Waals surface area contributed by atoms with E-state index >= 15 is 0 Å². The highest BCUT2D eigenvalue weighted by Crippen LogP contribution is 2.47. The summed E-state index contributed by atoms with van der Waals surface area (Å²) in [6.07, 6.45) is 7.58. The molecule has 0 saturated heterocycles. The van der Waals surface area contributed by atoms with Crippen LogP contribution in [0.5, 0.6) is 0 Å². The van der Waals surface area contributed by atoms with Crippen molar-refractivity contribution < 1.29 is 9.59 Å². The predicted octanol–water partition coefficient (Wildman–Crippen LogP) is 1.10. The normalized spacial score (nSPS) is 26.8. The maximum atomic E-state index is 11.5. The fourth-order valence-corrected chi connectivity index (χ4v) is 2.39. The molecule has 0 atom stereocenters. The quantitative estimate of drug-likeness (QED) is 0.626. The second-order valence-electron chi connectivity index (χ2n) is 4.55. The number of amides is 2. The minimum Gasteiger partial charge on any atom is -0.272 e. The van der Waals surface area contributed by atoms with Gasteiger partial charge in [0.05, 0.1) is 0 Å². The summed E-state index contributed by atoms with van der Waals surface area (Å²) in [5.41, 5.74) is 0. The maximum Gasteiger partial charge on any atom is 0.253 e. The fourth-order valence-electron chi connectivity index (χ4n) is 2.39. The van der Waals surface area contributed by atoms with E-state index in [-0.39, 0.29) is 17.9 Å². The Morgan fingerprint density at radius 1 is 1.00 bits per heavy atom. The lowest BCUT2D eigenvalue weighted by molar-refractivity contribution is -0.140. The van der Waals surface area contributed by atoms with E-state index < -0.39 is 0 Å². The van der Waals surface area contributed by atoms with Crippen molar-refractivity contribution in [2.75, 3.05) is 0 Å². The lowest BCUT2D eigenvalue weighted by Gasteiger charge is -2.25. The second-order valence-corrected chi connectivity index (χ2v) is 4.55. The third-order valence-corrected chi connectivity index (χ3v) is 3.35. The number of hydrogen-bond acceptors (Lipinski definition) is 2. The Bertz CT molecular complexity index is 296. The lowest BCUT2D eigenvalue weighted by Crippen LogP contribution is -2.42. The van der Waals surface area contributed by atoms with Crippen LogP contribution in [0.15, 0.2) is 12.2 Å². The van der Waals surface area contributed by atoms with E-state index in [2.05, 4.69) is 0 Å². The molecule has 1 heterocycles. The topological polar surface area (TPSA) is 37.4 Å². The van der Waals surface area contributed by atoms with Crippen molar-refractivity contribution in [2.24, 2.45) is 11.8 Å². The van der Waals surface area contributed by atoms with Crippen molar-refractivity contribution in [3.63, 3.8) is 0 Å². The minimum absolute atomic E-state index is 0.0983.